The lowest BCUT2D eigenvalue weighted by Gasteiger charge is -2.35. The fraction of sp³-hybridized carbons (Fsp3) is 0.200. The van der Waals surface area contributed by atoms with Crippen molar-refractivity contribution in [3.8, 4) is 0 Å². The highest BCUT2D eigenvalue weighted by molar-refractivity contribution is 5.80. The van der Waals surface area contributed by atoms with Crippen LogP contribution in [0.3, 0.4) is 0 Å². The highest BCUT2D eigenvalue weighted by atomic mass is 16.6. The van der Waals surface area contributed by atoms with Crippen LogP contribution in [0.1, 0.15) is 35.6 Å². The predicted molar refractivity (Wildman–Crippen MR) is 97.0 cm³/mol. The molecule has 136 valence electrons. The first-order valence-electron chi connectivity index (χ1n) is 8.62. The second kappa shape index (κ2) is 7.03. The summed E-state index contributed by atoms with van der Waals surface area (Å²) in [5, 5.41) is 15.1. The van der Waals surface area contributed by atoms with E-state index >= 15 is 0 Å². The number of benzene rings is 2. The fourth-order valence-corrected chi connectivity index (χ4v) is 3.59. The molecule has 0 amide bonds. The molecule has 7 nitrogen and oxygen atoms in total. The van der Waals surface area contributed by atoms with Crippen LogP contribution in [0, 0.1) is 10.1 Å². The van der Waals surface area contributed by atoms with Gasteiger partial charge in [-0.1, -0.05) is 42.5 Å². The summed E-state index contributed by atoms with van der Waals surface area (Å²) < 4.78 is 7.29. The highest BCUT2D eigenvalue weighted by Gasteiger charge is 2.41. The zero-order valence-corrected chi connectivity index (χ0v) is 14.3. The number of ether oxygens (including phenoxy) is 1. The van der Waals surface area contributed by atoms with Crippen LogP contribution in [-0.2, 0) is 9.53 Å². The van der Waals surface area contributed by atoms with Crippen molar-refractivity contribution in [2.45, 2.75) is 24.5 Å². The molecule has 0 bridgehead atoms. The summed E-state index contributed by atoms with van der Waals surface area (Å²) in [5.41, 5.74) is 1.72. The third-order valence-electron chi connectivity index (χ3n) is 4.87. The van der Waals surface area contributed by atoms with Gasteiger partial charge in [0, 0.05) is 36.9 Å². The van der Waals surface area contributed by atoms with Crippen molar-refractivity contribution in [2.24, 2.45) is 0 Å². The molecule has 0 N–H and O–H groups in total. The molecule has 1 aliphatic heterocycles. The Morgan fingerprint density at radius 2 is 1.78 bits per heavy atom. The number of cyclic esters (lactones) is 1. The van der Waals surface area contributed by atoms with Gasteiger partial charge >= 0.3 is 5.97 Å². The Morgan fingerprint density at radius 3 is 2.41 bits per heavy atom. The summed E-state index contributed by atoms with van der Waals surface area (Å²) in [7, 11) is 0. The Kier molecular flexibility index (Phi) is 4.42. The molecule has 1 saturated heterocycles. The first-order valence-corrected chi connectivity index (χ1v) is 8.62. The van der Waals surface area contributed by atoms with E-state index in [9.17, 15) is 14.9 Å². The average Bonchev–Trinajstić information content (AvgIpc) is 3.23. The molecular weight excluding hydrogens is 346 g/mol. The predicted octanol–water partition coefficient (Wildman–Crippen LogP) is 3.80. The van der Waals surface area contributed by atoms with Gasteiger partial charge in [-0.25, -0.2) is 4.68 Å². The van der Waals surface area contributed by atoms with Crippen molar-refractivity contribution in [3.63, 3.8) is 0 Å². The number of hydrogen-bond acceptors (Lipinski definition) is 5. The number of hydrogen-bond donors (Lipinski definition) is 0. The van der Waals surface area contributed by atoms with Crippen LogP contribution in [0.2, 0.25) is 0 Å². The van der Waals surface area contributed by atoms with E-state index in [1.807, 2.05) is 30.3 Å². The molecule has 2 aromatic carbocycles. The molecule has 0 spiro atoms. The van der Waals surface area contributed by atoms with Crippen LogP contribution in [0.5, 0.6) is 0 Å². The maximum Gasteiger partial charge on any atom is 0.316 e. The lowest BCUT2D eigenvalue weighted by atomic mass is 9.77. The van der Waals surface area contributed by atoms with Crippen molar-refractivity contribution in [1.29, 1.82) is 0 Å². The number of nitro benzene ring substituents is 1. The molecule has 2 heterocycles. The lowest BCUT2D eigenvalue weighted by molar-refractivity contribution is -0.384. The molecule has 0 radical (unpaired) electrons. The molecule has 0 saturated carbocycles. The maximum absolute atomic E-state index is 12.9. The summed E-state index contributed by atoms with van der Waals surface area (Å²) in [4.78, 5) is 23.4. The zero-order valence-electron chi connectivity index (χ0n) is 14.3. The normalized spacial score (nSPS) is 22.2. The molecule has 1 fully saturated rings. The Labute approximate surface area is 155 Å². The van der Waals surface area contributed by atoms with Gasteiger partial charge in [-0.2, -0.15) is 5.10 Å². The Balaban J connectivity index is 1.72. The van der Waals surface area contributed by atoms with Gasteiger partial charge in [-0.05, 0) is 17.2 Å². The number of non-ortho nitro benzene ring substituents is 1. The van der Waals surface area contributed by atoms with Crippen molar-refractivity contribution >= 4 is 11.7 Å². The molecule has 1 aromatic heterocycles. The second-order valence-electron chi connectivity index (χ2n) is 6.46. The van der Waals surface area contributed by atoms with Crippen LogP contribution < -0.4 is 0 Å². The average molecular weight is 363 g/mol. The van der Waals surface area contributed by atoms with Gasteiger partial charge in [0.1, 0.15) is 0 Å². The first kappa shape index (κ1) is 17.0. The highest BCUT2D eigenvalue weighted by Crippen LogP contribution is 2.44. The molecule has 3 aromatic rings. The molecule has 4 rings (SSSR count). The van der Waals surface area contributed by atoms with E-state index in [1.54, 1.807) is 35.3 Å². The Hall–Kier alpha value is -3.48. The van der Waals surface area contributed by atoms with E-state index in [4.69, 9.17) is 4.74 Å². The van der Waals surface area contributed by atoms with Gasteiger partial charge in [-0.3, -0.25) is 14.9 Å². The number of nitrogens with zero attached hydrogens (tertiary/aromatic N) is 3. The first-order chi connectivity index (χ1) is 13.1. The van der Waals surface area contributed by atoms with Crippen molar-refractivity contribution in [2.75, 3.05) is 0 Å². The number of esters is 1. The lowest BCUT2D eigenvalue weighted by Crippen LogP contribution is -2.34. The van der Waals surface area contributed by atoms with E-state index in [1.165, 1.54) is 12.1 Å². The van der Waals surface area contributed by atoms with Gasteiger partial charge in [-0.15, -0.1) is 0 Å². The minimum absolute atomic E-state index is 0.00592. The standard InChI is InChI=1S/C20H17N3O4/c24-20-19(15-7-9-16(10-8-15)23(25)26)17(14-5-2-1-3-6-14)13-18(27-20)22-12-4-11-21-22/h1-12,17-19H,13H2/t17-,18+,19-/m0/s1. The van der Waals surface area contributed by atoms with Gasteiger partial charge in [0.15, 0.2) is 6.23 Å². The maximum atomic E-state index is 12.9. The van der Waals surface area contributed by atoms with Crippen LogP contribution in [0.4, 0.5) is 5.69 Å². The minimum atomic E-state index is -0.528. The van der Waals surface area contributed by atoms with Gasteiger partial charge in [0.25, 0.3) is 5.69 Å². The Morgan fingerprint density at radius 1 is 1.04 bits per heavy atom. The van der Waals surface area contributed by atoms with E-state index in [2.05, 4.69) is 5.10 Å². The summed E-state index contributed by atoms with van der Waals surface area (Å²) in [5.74, 6) is -1.01. The second-order valence-corrected chi connectivity index (χ2v) is 6.46. The third-order valence-corrected chi connectivity index (χ3v) is 4.87. The number of carbonyl (C=O) groups is 1. The van der Waals surface area contributed by atoms with Crippen molar-refractivity contribution < 1.29 is 14.5 Å². The largest absolute Gasteiger partial charge is 0.439 e. The molecule has 7 heteroatoms. The molecule has 0 aliphatic carbocycles. The van der Waals surface area contributed by atoms with Gasteiger partial charge in [0.2, 0.25) is 0 Å². The molecule has 0 unspecified atom stereocenters. The topological polar surface area (TPSA) is 87.3 Å². The molecular formula is C20H17N3O4. The smallest absolute Gasteiger partial charge is 0.316 e. The molecule has 3 atom stereocenters. The minimum Gasteiger partial charge on any atom is -0.439 e. The van der Waals surface area contributed by atoms with Gasteiger partial charge in [0.05, 0.1) is 10.8 Å². The number of nitro groups is 1. The summed E-state index contributed by atoms with van der Waals surface area (Å²) >= 11 is 0. The summed E-state index contributed by atoms with van der Waals surface area (Å²) in [6.07, 6.45) is 3.51. The van der Waals surface area contributed by atoms with E-state index in [0.717, 1.165) is 5.56 Å². The number of aromatic nitrogens is 2. The van der Waals surface area contributed by atoms with Crippen molar-refractivity contribution in [1.82, 2.24) is 9.78 Å². The SMILES string of the molecule is O=C1O[C@@H](n2cccn2)C[C@@H](c2ccccc2)[C@@H]1c1ccc([N+](=O)[O-])cc1. The van der Waals surface area contributed by atoms with E-state index < -0.39 is 17.1 Å². The Bertz CT molecular complexity index is 939. The monoisotopic (exact) mass is 363 g/mol. The molecule has 27 heavy (non-hydrogen) atoms. The van der Waals surface area contributed by atoms with Crippen LogP contribution in [-0.4, -0.2) is 20.7 Å². The summed E-state index contributed by atoms with van der Waals surface area (Å²) in [6, 6.07) is 17.7. The van der Waals surface area contributed by atoms with Crippen LogP contribution >= 0.6 is 0 Å². The number of carbonyl (C=O) groups excluding carboxylic acids is 1. The quantitative estimate of drug-likeness (QED) is 0.400. The van der Waals surface area contributed by atoms with Crippen molar-refractivity contribution in [3.05, 3.63) is 94.3 Å². The van der Waals surface area contributed by atoms with Crippen LogP contribution in [0.15, 0.2) is 73.1 Å². The van der Waals surface area contributed by atoms with E-state index in [0.29, 0.717) is 12.0 Å². The summed E-state index contributed by atoms with van der Waals surface area (Å²) in [6.45, 7) is 0. The van der Waals surface area contributed by atoms with Crippen LogP contribution in [0.25, 0.3) is 0 Å². The third kappa shape index (κ3) is 3.31. The number of rotatable bonds is 4. The van der Waals surface area contributed by atoms with E-state index in [-0.39, 0.29) is 17.6 Å². The fourth-order valence-electron chi connectivity index (χ4n) is 3.59. The molecule has 1 aliphatic rings. The zero-order chi connectivity index (χ0) is 18.8. The van der Waals surface area contributed by atoms with Gasteiger partial charge < -0.3 is 4.74 Å².